The molecule has 0 aromatic heterocycles. The van der Waals surface area contributed by atoms with Crippen LogP contribution in [0.4, 0.5) is 0 Å². The molecule has 4 heteroatoms. The Morgan fingerprint density at radius 1 is 1.22 bits per heavy atom. The third kappa shape index (κ3) is 4.44. The molecule has 100 valence electrons. The molecule has 0 unspecified atom stereocenters. The molecule has 18 heavy (non-hydrogen) atoms. The third-order valence-corrected chi connectivity index (χ3v) is 3.79. The van der Waals surface area contributed by atoms with E-state index in [4.69, 9.17) is 4.43 Å². The van der Waals surface area contributed by atoms with Crippen molar-refractivity contribution in [1.82, 2.24) is 10.2 Å². The summed E-state index contributed by atoms with van der Waals surface area (Å²) in [5.74, 6) is 1.03. The van der Waals surface area contributed by atoms with Crippen molar-refractivity contribution < 1.29 is 4.43 Å². The standard InChI is InChI=1S/C14H24N2OSi/c1-18(2,3)17-14-6-4-5-13(11-14)12-16-9-7-15-8-10-16/h4-6,11,15H,7-10,12H2,1-3H3. The van der Waals surface area contributed by atoms with Crippen LogP contribution in [-0.2, 0) is 6.54 Å². The maximum absolute atomic E-state index is 6.04. The van der Waals surface area contributed by atoms with E-state index >= 15 is 0 Å². The van der Waals surface area contributed by atoms with E-state index in [0.29, 0.717) is 0 Å². The van der Waals surface area contributed by atoms with E-state index in [-0.39, 0.29) is 0 Å². The van der Waals surface area contributed by atoms with Crippen LogP contribution in [0.3, 0.4) is 0 Å². The Hall–Kier alpha value is -0.843. The third-order valence-electron chi connectivity index (χ3n) is 2.94. The van der Waals surface area contributed by atoms with E-state index in [1.165, 1.54) is 5.56 Å². The highest BCUT2D eigenvalue weighted by atomic mass is 28.4. The predicted octanol–water partition coefficient (Wildman–Crippen LogP) is 2.31. The van der Waals surface area contributed by atoms with E-state index in [9.17, 15) is 0 Å². The quantitative estimate of drug-likeness (QED) is 0.845. The second kappa shape index (κ2) is 5.86. The molecule has 1 aromatic carbocycles. The molecule has 0 atom stereocenters. The Kier molecular flexibility index (Phi) is 4.43. The summed E-state index contributed by atoms with van der Waals surface area (Å²) in [7, 11) is -1.50. The molecule has 1 aliphatic heterocycles. The maximum Gasteiger partial charge on any atom is 0.242 e. The normalized spacial score (nSPS) is 17.7. The minimum atomic E-state index is -1.50. The van der Waals surface area contributed by atoms with Gasteiger partial charge in [-0.15, -0.1) is 0 Å². The average Bonchev–Trinajstić information content (AvgIpc) is 2.28. The molecule has 1 fully saturated rings. The zero-order chi connectivity index (χ0) is 13.0. The van der Waals surface area contributed by atoms with Gasteiger partial charge in [-0.05, 0) is 37.3 Å². The molecule has 1 heterocycles. The van der Waals surface area contributed by atoms with Gasteiger partial charge in [0.15, 0.2) is 0 Å². The Morgan fingerprint density at radius 2 is 1.94 bits per heavy atom. The molecule has 0 amide bonds. The number of hydrogen-bond acceptors (Lipinski definition) is 3. The molecular formula is C14H24N2OSi. The topological polar surface area (TPSA) is 24.5 Å². The molecule has 0 saturated carbocycles. The van der Waals surface area contributed by atoms with Gasteiger partial charge in [0.05, 0.1) is 0 Å². The van der Waals surface area contributed by atoms with Gasteiger partial charge >= 0.3 is 0 Å². The van der Waals surface area contributed by atoms with E-state index in [0.717, 1.165) is 38.5 Å². The van der Waals surface area contributed by atoms with Gasteiger partial charge in [-0.2, -0.15) is 0 Å². The Morgan fingerprint density at radius 3 is 2.61 bits per heavy atom. The van der Waals surface area contributed by atoms with Crippen LogP contribution in [0.15, 0.2) is 24.3 Å². The molecule has 0 bridgehead atoms. The summed E-state index contributed by atoms with van der Waals surface area (Å²) in [4.78, 5) is 2.49. The summed E-state index contributed by atoms with van der Waals surface area (Å²) in [5, 5.41) is 3.38. The van der Waals surface area contributed by atoms with Crippen LogP contribution in [0, 0.1) is 0 Å². The average molecular weight is 264 g/mol. The lowest BCUT2D eigenvalue weighted by Crippen LogP contribution is -2.42. The maximum atomic E-state index is 6.04. The summed E-state index contributed by atoms with van der Waals surface area (Å²) in [6, 6.07) is 8.56. The second-order valence-electron chi connectivity index (χ2n) is 5.89. The molecule has 1 saturated heterocycles. The molecule has 0 spiro atoms. The highest BCUT2D eigenvalue weighted by molar-refractivity contribution is 6.70. The minimum absolute atomic E-state index is 1.03. The van der Waals surface area contributed by atoms with Gasteiger partial charge in [-0.1, -0.05) is 12.1 Å². The summed E-state index contributed by atoms with van der Waals surface area (Å²) in [6.45, 7) is 12.2. The van der Waals surface area contributed by atoms with E-state index in [1.54, 1.807) is 0 Å². The lowest BCUT2D eigenvalue weighted by molar-refractivity contribution is 0.233. The van der Waals surface area contributed by atoms with Gasteiger partial charge in [0.2, 0.25) is 8.32 Å². The van der Waals surface area contributed by atoms with Crippen LogP contribution < -0.4 is 9.74 Å². The minimum Gasteiger partial charge on any atom is -0.544 e. The van der Waals surface area contributed by atoms with Crippen LogP contribution in [0.5, 0.6) is 5.75 Å². The smallest absolute Gasteiger partial charge is 0.242 e. The van der Waals surface area contributed by atoms with Crippen LogP contribution in [0.25, 0.3) is 0 Å². The first-order chi connectivity index (χ1) is 8.53. The SMILES string of the molecule is C[Si](C)(C)Oc1cccc(CN2CCNCC2)c1. The van der Waals surface area contributed by atoms with Crippen molar-refractivity contribution >= 4 is 8.32 Å². The first-order valence-corrected chi connectivity index (χ1v) is 10.1. The molecule has 1 aromatic rings. The molecule has 3 nitrogen and oxygen atoms in total. The fourth-order valence-electron chi connectivity index (χ4n) is 2.19. The fourth-order valence-corrected chi connectivity index (χ4v) is 3.02. The van der Waals surface area contributed by atoms with E-state index in [1.807, 2.05) is 0 Å². The van der Waals surface area contributed by atoms with Crippen molar-refractivity contribution in [3.8, 4) is 5.75 Å². The van der Waals surface area contributed by atoms with Gasteiger partial charge in [0, 0.05) is 32.7 Å². The lowest BCUT2D eigenvalue weighted by atomic mass is 10.2. The van der Waals surface area contributed by atoms with Crippen molar-refractivity contribution in [2.24, 2.45) is 0 Å². The van der Waals surface area contributed by atoms with Crippen molar-refractivity contribution in [1.29, 1.82) is 0 Å². The number of piperazine rings is 1. The first-order valence-electron chi connectivity index (χ1n) is 6.74. The molecule has 1 aliphatic rings. The number of nitrogens with zero attached hydrogens (tertiary/aromatic N) is 1. The van der Waals surface area contributed by atoms with E-state index < -0.39 is 8.32 Å². The second-order valence-corrected chi connectivity index (χ2v) is 10.3. The van der Waals surface area contributed by atoms with Gasteiger partial charge in [0.25, 0.3) is 0 Å². The van der Waals surface area contributed by atoms with Crippen LogP contribution in [-0.4, -0.2) is 39.4 Å². The van der Waals surface area contributed by atoms with Crippen LogP contribution >= 0.6 is 0 Å². The van der Waals surface area contributed by atoms with Crippen molar-refractivity contribution in [2.45, 2.75) is 26.2 Å². The largest absolute Gasteiger partial charge is 0.544 e. The van der Waals surface area contributed by atoms with Crippen molar-refractivity contribution in [2.75, 3.05) is 26.2 Å². The van der Waals surface area contributed by atoms with Crippen LogP contribution in [0.1, 0.15) is 5.56 Å². The van der Waals surface area contributed by atoms with Crippen LogP contribution in [0.2, 0.25) is 19.6 Å². The first kappa shape index (κ1) is 13.6. The molecule has 2 rings (SSSR count). The summed E-state index contributed by atoms with van der Waals surface area (Å²) in [6.07, 6.45) is 0. The number of hydrogen-bond donors (Lipinski definition) is 1. The van der Waals surface area contributed by atoms with Crippen molar-refractivity contribution in [3.63, 3.8) is 0 Å². The Bertz CT molecular complexity index is 384. The molecule has 0 radical (unpaired) electrons. The van der Waals surface area contributed by atoms with Gasteiger partial charge in [-0.3, -0.25) is 4.90 Å². The molecular weight excluding hydrogens is 240 g/mol. The number of nitrogens with one attached hydrogen (secondary N) is 1. The zero-order valence-electron chi connectivity index (χ0n) is 11.7. The van der Waals surface area contributed by atoms with Crippen molar-refractivity contribution in [3.05, 3.63) is 29.8 Å². The Balaban J connectivity index is 1.98. The summed E-state index contributed by atoms with van der Waals surface area (Å²) in [5.41, 5.74) is 1.35. The molecule has 0 aliphatic carbocycles. The van der Waals surface area contributed by atoms with Gasteiger partial charge in [0.1, 0.15) is 5.75 Å². The van der Waals surface area contributed by atoms with Gasteiger partial charge < -0.3 is 9.74 Å². The highest BCUT2D eigenvalue weighted by Gasteiger charge is 2.16. The lowest BCUT2D eigenvalue weighted by Gasteiger charge is -2.27. The summed E-state index contributed by atoms with van der Waals surface area (Å²) >= 11 is 0. The summed E-state index contributed by atoms with van der Waals surface area (Å²) < 4.78 is 6.04. The number of benzene rings is 1. The predicted molar refractivity (Wildman–Crippen MR) is 78.6 cm³/mol. The fraction of sp³-hybridized carbons (Fsp3) is 0.571. The number of rotatable bonds is 4. The highest BCUT2D eigenvalue weighted by Crippen LogP contribution is 2.18. The monoisotopic (exact) mass is 264 g/mol. The van der Waals surface area contributed by atoms with Gasteiger partial charge in [-0.25, -0.2) is 0 Å². The Labute approximate surface area is 111 Å². The van der Waals surface area contributed by atoms with E-state index in [2.05, 4.69) is 54.1 Å². The zero-order valence-corrected chi connectivity index (χ0v) is 12.7. The molecule has 1 N–H and O–H groups in total.